The SMILES string of the molecule is CCCc1nc2c(N)nc3ccccc3c2n1CCN=C(N)N.Cl.Cl. The lowest BCUT2D eigenvalue weighted by molar-refractivity contribution is 0.669. The van der Waals surface area contributed by atoms with Crippen molar-refractivity contribution in [2.24, 2.45) is 16.5 Å². The van der Waals surface area contributed by atoms with E-state index in [4.69, 9.17) is 22.2 Å². The van der Waals surface area contributed by atoms with Crippen molar-refractivity contribution in [3.63, 3.8) is 0 Å². The number of nitrogens with two attached hydrogens (primary N) is 3. The highest BCUT2D eigenvalue weighted by atomic mass is 35.5. The Bertz CT molecular complexity index is 885. The quantitative estimate of drug-likeness (QED) is 0.460. The molecular formula is C16H23Cl2N7. The summed E-state index contributed by atoms with van der Waals surface area (Å²) >= 11 is 0. The summed E-state index contributed by atoms with van der Waals surface area (Å²) in [6.45, 7) is 3.28. The number of imidazole rings is 1. The van der Waals surface area contributed by atoms with Gasteiger partial charge in [-0.15, -0.1) is 24.8 Å². The van der Waals surface area contributed by atoms with Crippen molar-refractivity contribution in [3.05, 3.63) is 30.1 Å². The monoisotopic (exact) mass is 383 g/mol. The standard InChI is InChI=1S/C16H21N7.2ClH/c1-2-5-12-22-13-14(23(12)9-8-20-16(18)19)10-6-3-4-7-11(10)21-15(13)17;;/h3-4,6-7H,2,5,8-9H2,1H3,(H2,17,21)(H4,18,19,20);2*1H. The van der Waals surface area contributed by atoms with Crippen LogP contribution >= 0.6 is 24.8 Å². The second kappa shape index (κ2) is 8.73. The molecular weight excluding hydrogens is 361 g/mol. The van der Waals surface area contributed by atoms with Crippen LogP contribution in [0.25, 0.3) is 21.9 Å². The fraction of sp³-hybridized carbons (Fsp3) is 0.312. The van der Waals surface area contributed by atoms with Crippen molar-refractivity contribution in [3.8, 4) is 0 Å². The van der Waals surface area contributed by atoms with Crippen molar-refractivity contribution in [1.82, 2.24) is 14.5 Å². The smallest absolute Gasteiger partial charge is 0.185 e. The third-order valence-electron chi connectivity index (χ3n) is 3.78. The number of nitrogen functional groups attached to an aromatic ring is 1. The largest absolute Gasteiger partial charge is 0.382 e. The lowest BCUT2D eigenvalue weighted by atomic mass is 10.2. The van der Waals surface area contributed by atoms with Crippen LogP contribution in [0.1, 0.15) is 19.2 Å². The molecule has 2 aromatic heterocycles. The Kier molecular flexibility index (Phi) is 7.26. The number of pyridine rings is 1. The Hall–Kier alpha value is -2.25. The number of benzene rings is 1. The maximum Gasteiger partial charge on any atom is 0.185 e. The molecule has 0 atom stereocenters. The second-order valence-corrected chi connectivity index (χ2v) is 5.45. The fourth-order valence-corrected chi connectivity index (χ4v) is 2.84. The highest BCUT2D eigenvalue weighted by Crippen LogP contribution is 2.29. The summed E-state index contributed by atoms with van der Waals surface area (Å²) in [6.07, 6.45) is 1.86. The molecule has 0 aliphatic carbocycles. The molecule has 6 N–H and O–H groups in total. The van der Waals surface area contributed by atoms with Gasteiger partial charge in [-0.05, 0) is 12.5 Å². The van der Waals surface area contributed by atoms with Gasteiger partial charge in [0.1, 0.15) is 11.3 Å². The molecule has 1 aromatic carbocycles. The van der Waals surface area contributed by atoms with Crippen LogP contribution in [-0.2, 0) is 13.0 Å². The molecule has 0 saturated heterocycles. The van der Waals surface area contributed by atoms with E-state index in [0.717, 1.165) is 40.6 Å². The molecule has 0 unspecified atom stereocenters. The van der Waals surface area contributed by atoms with Gasteiger partial charge in [0.2, 0.25) is 0 Å². The van der Waals surface area contributed by atoms with Crippen LogP contribution in [0.15, 0.2) is 29.3 Å². The molecule has 0 aliphatic heterocycles. The zero-order chi connectivity index (χ0) is 16.4. The molecule has 136 valence electrons. The number of halogens is 2. The van der Waals surface area contributed by atoms with E-state index in [1.54, 1.807) is 0 Å². The molecule has 25 heavy (non-hydrogen) atoms. The Labute approximate surface area is 158 Å². The topological polar surface area (TPSA) is 121 Å². The van der Waals surface area contributed by atoms with Crippen LogP contribution in [0, 0.1) is 0 Å². The molecule has 0 fully saturated rings. The average Bonchev–Trinajstić information content (AvgIpc) is 2.87. The molecule has 3 rings (SSSR count). The van der Waals surface area contributed by atoms with Crippen molar-refractivity contribution in [2.45, 2.75) is 26.3 Å². The van der Waals surface area contributed by atoms with Crippen molar-refractivity contribution >= 4 is 58.5 Å². The average molecular weight is 384 g/mol. The lowest BCUT2D eigenvalue weighted by Gasteiger charge is -2.09. The number of hydrogen-bond donors (Lipinski definition) is 3. The number of fused-ring (bicyclic) bond motifs is 3. The minimum atomic E-state index is 0. The Balaban J connectivity index is 0.00000156. The van der Waals surface area contributed by atoms with E-state index in [1.807, 2.05) is 24.3 Å². The normalized spacial score (nSPS) is 10.3. The van der Waals surface area contributed by atoms with Crippen molar-refractivity contribution in [2.75, 3.05) is 12.3 Å². The van der Waals surface area contributed by atoms with Crippen LogP contribution in [0.4, 0.5) is 5.82 Å². The van der Waals surface area contributed by atoms with Gasteiger partial charge in [-0.3, -0.25) is 4.99 Å². The fourth-order valence-electron chi connectivity index (χ4n) is 2.84. The van der Waals surface area contributed by atoms with Gasteiger partial charge in [0.15, 0.2) is 11.8 Å². The van der Waals surface area contributed by atoms with E-state index in [1.165, 1.54) is 0 Å². The van der Waals surface area contributed by atoms with Crippen LogP contribution in [0.3, 0.4) is 0 Å². The molecule has 7 nitrogen and oxygen atoms in total. The summed E-state index contributed by atoms with van der Waals surface area (Å²) in [7, 11) is 0. The zero-order valence-electron chi connectivity index (χ0n) is 14.0. The van der Waals surface area contributed by atoms with Crippen LogP contribution in [0.2, 0.25) is 0 Å². The van der Waals surface area contributed by atoms with Crippen LogP contribution < -0.4 is 17.2 Å². The van der Waals surface area contributed by atoms with E-state index in [2.05, 4.69) is 21.5 Å². The van der Waals surface area contributed by atoms with Gasteiger partial charge in [0.05, 0.1) is 17.6 Å². The molecule has 0 radical (unpaired) electrons. The summed E-state index contributed by atoms with van der Waals surface area (Å²) in [5.41, 5.74) is 19.6. The van der Waals surface area contributed by atoms with Crippen molar-refractivity contribution in [1.29, 1.82) is 0 Å². The summed E-state index contributed by atoms with van der Waals surface area (Å²) in [5.74, 6) is 1.53. The number of para-hydroxylation sites is 1. The van der Waals surface area contributed by atoms with E-state index in [9.17, 15) is 0 Å². The zero-order valence-corrected chi connectivity index (χ0v) is 15.6. The maximum atomic E-state index is 6.12. The third-order valence-corrected chi connectivity index (χ3v) is 3.78. The van der Waals surface area contributed by atoms with Gasteiger partial charge in [0, 0.05) is 18.4 Å². The predicted octanol–water partition coefficient (Wildman–Crippen LogP) is 2.24. The predicted molar refractivity (Wildman–Crippen MR) is 109 cm³/mol. The third kappa shape index (κ3) is 4.05. The van der Waals surface area contributed by atoms with Gasteiger partial charge < -0.3 is 21.8 Å². The Morgan fingerprint density at radius 3 is 2.56 bits per heavy atom. The van der Waals surface area contributed by atoms with Gasteiger partial charge in [-0.2, -0.15) is 0 Å². The molecule has 2 heterocycles. The van der Waals surface area contributed by atoms with Crippen LogP contribution in [-0.4, -0.2) is 27.0 Å². The number of anilines is 1. The Morgan fingerprint density at radius 1 is 1.16 bits per heavy atom. The summed E-state index contributed by atoms with van der Waals surface area (Å²) in [5, 5.41) is 1.04. The minimum Gasteiger partial charge on any atom is -0.382 e. The first-order valence-electron chi connectivity index (χ1n) is 7.70. The number of aliphatic imine (C=N–C) groups is 1. The first-order chi connectivity index (χ1) is 11.1. The number of rotatable bonds is 5. The minimum absolute atomic E-state index is 0. The Morgan fingerprint density at radius 2 is 1.88 bits per heavy atom. The summed E-state index contributed by atoms with van der Waals surface area (Å²) < 4.78 is 2.16. The second-order valence-electron chi connectivity index (χ2n) is 5.45. The molecule has 9 heteroatoms. The first kappa shape index (κ1) is 20.8. The number of guanidine groups is 1. The maximum absolute atomic E-state index is 6.12. The summed E-state index contributed by atoms with van der Waals surface area (Å²) in [6, 6.07) is 7.94. The van der Waals surface area contributed by atoms with Gasteiger partial charge in [-0.25, -0.2) is 9.97 Å². The van der Waals surface area contributed by atoms with Crippen LogP contribution in [0.5, 0.6) is 0 Å². The highest BCUT2D eigenvalue weighted by molar-refractivity contribution is 6.06. The molecule has 0 bridgehead atoms. The van der Waals surface area contributed by atoms with E-state index < -0.39 is 0 Å². The molecule has 0 amide bonds. The van der Waals surface area contributed by atoms with Gasteiger partial charge in [0.25, 0.3) is 0 Å². The molecule has 3 aromatic rings. The van der Waals surface area contributed by atoms with E-state index in [0.29, 0.717) is 18.9 Å². The number of hydrogen-bond acceptors (Lipinski definition) is 4. The lowest BCUT2D eigenvalue weighted by Crippen LogP contribution is -2.23. The highest BCUT2D eigenvalue weighted by Gasteiger charge is 2.16. The number of nitrogens with zero attached hydrogens (tertiary/aromatic N) is 4. The van der Waals surface area contributed by atoms with Gasteiger partial charge >= 0.3 is 0 Å². The molecule has 0 spiro atoms. The van der Waals surface area contributed by atoms with E-state index in [-0.39, 0.29) is 30.8 Å². The first-order valence-corrected chi connectivity index (χ1v) is 7.70. The van der Waals surface area contributed by atoms with Crippen molar-refractivity contribution < 1.29 is 0 Å². The van der Waals surface area contributed by atoms with E-state index >= 15 is 0 Å². The molecule has 0 saturated carbocycles. The molecule has 0 aliphatic rings. The van der Waals surface area contributed by atoms with Gasteiger partial charge in [-0.1, -0.05) is 25.1 Å². The number of aryl methyl sites for hydroxylation is 1. The number of aromatic nitrogens is 3. The summed E-state index contributed by atoms with van der Waals surface area (Å²) in [4.78, 5) is 13.3.